The van der Waals surface area contributed by atoms with Gasteiger partial charge in [-0.1, -0.05) is 26.2 Å². The Morgan fingerprint density at radius 2 is 2.05 bits per heavy atom. The Bertz CT molecular complexity index is 518. The normalized spacial score (nSPS) is 19.1. The summed E-state index contributed by atoms with van der Waals surface area (Å²) in [5.74, 6) is 1.34. The van der Waals surface area contributed by atoms with Crippen molar-refractivity contribution in [2.75, 3.05) is 0 Å². The van der Waals surface area contributed by atoms with Crippen LogP contribution >= 0.6 is 0 Å². The minimum absolute atomic E-state index is 0.167. The molecular formula is C14H24N2O3S. The van der Waals surface area contributed by atoms with Gasteiger partial charge in [0, 0.05) is 6.04 Å². The molecule has 0 radical (unpaired) electrons. The van der Waals surface area contributed by atoms with Gasteiger partial charge in [0.05, 0.1) is 6.54 Å². The molecule has 2 rings (SSSR count). The highest BCUT2D eigenvalue weighted by atomic mass is 32.2. The van der Waals surface area contributed by atoms with Crippen LogP contribution in [-0.4, -0.2) is 14.5 Å². The van der Waals surface area contributed by atoms with Crippen LogP contribution in [0.3, 0.4) is 0 Å². The number of hydrogen-bond acceptors (Lipinski definition) is 4. The summed E-state index contributed by atoms with van der Waals surface area (Å²) in [6.07, 6.45) is 7.63. The molecule has 0 spiro atoms. The highest BCUT2D eigenvalue weighted by Gasteiger charge is 2.22. The van der Waals surface area contributed by atoms with Crippen molar-refractivity contribution < 1.29 is 12.8 Å². The molecule has 1 aliphatic carbocycles. The van der Waals surface area contributed by atoms with Crippen molar-refractivity contribution in [3.05, 3.63) is 17.9 Å². The monoisotopic (exact) mass is 300 g/mol. The standard InChI is InChI=1S/C14H24N2O3S/c1-2-13(11-6-4-3-5-7-11)16-10-12-8-9-14(19-12)20(15,17)18/h8-9,11,13,16H,2-7,10H2,1H3,(H2,15,17,18). The van der Waals surface area contributed by atoms with E-state index in [1.807, 2.05) is 0 Å². The van der Waals surface area contributed by atoms with Crippen LogP contribution in [0.25, 0.3) is 0 Å². The van der Waals surface area contributed by atoms with E-state index >= 15 is 0 Å². The van der Waals surface area contributed by atoms with Crippen molar-refractivity contribution in [2.24, 2.45) is 11.1 Å². The Kier molecular flexibility index (Phi) is 5.23. The summed E-state index contributed by atoms with van der Waals surface area (Å²) in [6.45, 7) is 2.73. The zero-order valence-corrected chi connectivity index (χ0v) is 12.8. The maximum absolute atomic E-state index is 11.2. The first kappa shape index (κ1) is 15.5. The van der Waals surface area contributed by atoms with E-state index in [2.05, 4.69) is 12.2 Å². The molecule has 1 saturated carbocycles. The second-order valence-electron chi connectivity index (χ2n) is 5.56. The van der Waals surface area contributed by atoms with Crippen molar-refractivity contribution in [1.29, 1.82) is 0 Å². The van der Waals surface area contributed by atoms with Crippen LogP contribution in [0, 0.1) is 5.92 Å². The van der Waals surface area contributed by atoms with Gasteiger partial charge < -0.3 is 9.73 Å². The molecule has 114 valence electrons. The summed E-state index contributed by atoms with van der Waals surface area (Å²) < 4.78 is 27.6. The Morgan fingerprint density at radius 3 is 2.60 bits per heavy atom. The largest absolute Gasteiger partial charge is 0.447 e. The van der Waals surface area contributed by atoms with E-state index in [9.17, 15) is 8.42 Å². The van der Waals surface area contributed by atoms with Gasteiger partial charge in [-0.3, -0.25) is 0 Å². The molecule has 20 heavy (non-hydrogen) atoms. The molecule has 1 unspecified atom stereocenters. The maximum Gasteiger partial charge on any atom is 0.271 e. The lowest BCUT2D eigenvalue weighted by molar-refractivity contribution is 0.255. The summed E-state index contributed by atoms with van der Waals surface area (Å²) in [5.41, 5.74) is 0. The van der Waals surface area contributed by atoms with Crippen LogP contribution in [-0.2, 0) is 16.6 Å². The third-order valence-electron chi connectivity index (χ3n) is 4.11. The molecule has 3 N–H and O–H groups in total. The van der Waals surface area contributed by atoms with Crippen LogP contribution < -0.4 is 10.5 Å². The SMILES string of the molecule is CCC(NCc1ccc(S(N)(=O)=O)o1)C1CCCCC1. The fourth-order valence-electron chi connectivity index (χ4n) is 3.02. The van der Waals surface area contributed by atoms with E-state index in [4.69, 9.17) is 9.56 Å². The number of nitrogens with one attached hydrogen (secondary N) is 1. The first-order valence-corrected chi connectivity index (χ1v) is 8.90. The van der Waals surface area contributed by atoms with Gasteiger partial charge in [0.15, 0.2) is 0 Å². The van der Waals surface area contributed by atoms with Gasteiger partial charge in [-0.2, -0.15) is 0 Å². The van der Waals surface area contributed by atoms with E-state index in [1.165, 1.54) is 38.2 Å². The lowest BCUT2D eigenvalue weighted by Crippen LogP contribution is -2.36. The summed E-state index contributed by atoms with van der Waals surface area (Å²) in [6, 6.07) is 3.55. The molecule has 0 aromatic carbocycles. The minimum Gasteiger partial charge on any atom is -0.447 e. The topological polar surface area (TPSA) is 85.3 Å². The molecular weight excluding hydrogens is 276 g/mol. The molecule has 1 aromatic rings. The molecule has 0 saturated heterocycles. The third-order valence-corrected chi connectivity index (χ3v) is 4.89. The highest BCUT2D eigenvalue weighted by molar-refractivity contribution is 7.89. The van der Waals surface area contributed by atoms with Crippen LogP contribution in [0.1, 0.15) is 51.2 Å². The Hall–Kier alpha value is -0.850. The van der Waals surface area contributed by atoms with Crippen molar-refractivity contribution in [3.8, 4) is 0 Å². The fourth-order valence-corrected chi connectivity index (χ4v) is 3.50. The van der Waals surface area contributed by atoms with Gasteiger partial charge in [-0.25, -0.2) is 13.6 Å². The molecule has 6 heteroatoms. The average molecular weight is 300 g/mol. The second-order valence-corrected chi connectivity index (χ2v) is 7.05. The van der Waals surface area contributed by atoms with Gasteiger partial charge in [0.1, 0.15) is 5.76 Å². The summed E-state index contributed by atoms with van der Waals surface area (Å²) >= 11 is 0. The van der Waals surface area contributed by atoms with Gasteiger partial charge in [0.25, 0.3) is 10.0 Å². The van der Waals surface area contributed by atoms with E-state index in [0.717, 1.165) is 12.3 Å². The van der Waals surface area contributed by atoms with Crippen LogP contribution in [0.4, 0.5) is 0 Å². The summed E-state index contributed by atoms with van der Waals surface area (Å²) in [5, 5.41) is 8.35. The van der Waals surface area contributed by atoms with Crippen molar-refractivity contribution in [1.82, 2.24) is 5.32 Å². The number of furan rings is 1. The Morgan fingerprint density at radius 1 is 1.35 bits per heavy atom. The predicted molar refractivity (Wildman–Crippen MR) is 77.6 cm³/mol. The maximum atomic E-state index is 11.2. The molecule has 1 aromatic heterocycles. The van der Waals surface area contributed by atoms with Gasteiger partial charge in [-0.15, -0.1) is 0 Å². The summed E-state index contributed by atoms with van der Waals surface area (Å²) in [7, 11) is -3.74. The first-order chi connectivity index (χ1) is 9.50. The third kappa shape index (κ3) is 4.07. The number of sulfonamides is 1. The van der Waals surface area contributed by atoms with Crippen LogP contribution in [0.15, 0.2) is 21.6 Å². The van der Waals surface area contributed by atoms with Crippen molar-refractivity contribution >= 4 is 10.0 Å². The van der Waals surface area contributed by atoms with E-state index in [-0.39, 0.29) is 5.09 Å². The molecule has 5 nitrogen and oxygen atoms in total. The van der Waals surface area contributed by atoms with Gasteiger partial charge in [0.2, 0.25) is 5.09 Å². The number of nitrogens with two attached hydrogens (primary N) is 1. The predicted octanol–water partition coefficient (Wildman–Crippen LogP) is 2.38. The Labute approximate surface area is 121 Å². The molecule has 1 fully saturated rings. The summed E-state index contributed by atoms with van der Waals surface area (Å²) in [4.78, 5) is 0. The zero-order valence-electron chi connectivity index (χ0n) is 12.0. The first-order valence-electron chi connectivity index (χ1n) is 7.35. The van der Waals surface area contributed by atoms with Crippen molar-refractivity contribution in [2.45, 2.75) is 63.1 Å². The molecule has 0 aliphatic heterocycles. The molecule has 0 bridgehead atoms. The van der Waals surface area contributed by atoms with E-state index in [1.54, 1.807) is 6.07 Å². The quantitative estimate of drug-likeness (QED) is 0.844. The molecule has 1 atom stereocenters. The average Bonchev–Trinajstić information content (AvgIpc) is 2.89. The minimum atomic E-state index is -3.74. The van der Waals surface area contributed by atoms with Crippen LogP contribution in [0.5, 0.6) is 0 Å². The zero-order chi connectivity index (χ0) is 14.6. The smallest absolute Gasteiger partial charge is 0.271 e. The van der Waals surface area contributed by atoms with Gasteiger partial charge >= 0.3 is 0 Å². The fraction of sp³-hybridized carbons (Fsp3) is 0.714. The second kappa shape index (κ2) is 6.74. The van der Waals surface area contributed by atoms with Crippen molar-refractivity contribution in [3.63, 3.8) is 0 Å². The molecule has 1 heterocycles. The number of hydrogen-bond donors (Lipinski definition) is 2. The molecule has 1 aliphatic rings. The van der Waals surface area contributed by atoms with Gasteiger partial charge in [-0.05, 0) is 37.3 Å². The highest BCUT2D eigenvalue weighted by Crippen LogP contribution is 2.28. The Balaban J connectivity index is 1.91. The lowest BCUT2D eigenvalue weighted by atomic mass is 9.83. The van der Waals surface area contributed by atoms with E-state index < -0.39 is 10.0 Å². The lowest BCUT2D eigenvalue weighted by Gasteiger charge is -2.30. The molecule has 0 amide bonds. The van der Waals surface area contributed by atoms with Crippen LogP contribution in [0.2, 0.25) is 0 Å². The number of primary sulfonamides is 1. The number of rotatable bonds is 6. The van der Waals surface area contributed by atoms with E-state index in [0.29, 0.717) is 18.3 Å².